The third-order valence-corrected chi connectivity index (χ3v) is 4.39. The first-order chi connectivity index (χ1) is 10.2. The molecule has 2 nitrogen and oxygen atoms in total. The van der Waals surface area contributed by atoms with E-state index in [1.54, 1.807) is 0 Å². The summed E-state index contributed by atoms with van der Waals surface area (Å²) >= 11 is 11.9. The molecule has 0 amide bonds. The Morgan fingerprint density at radius 3 is 1.70 bits per heavy atom. The quantitative estimate of drug-likeness (QED) is 0.710. The van der Waals surface area contributed by atoms with Crippen molar-refractivity contribution in [2.45, 2.75) is 6.54 Å². The van der Waals surface area contributed by atoms with Gasteiger partial charge in [0.05, 0.1) is 0 Å². The van der Waals surface area contributed by atoms with Crippen LogP contribution in [0.25, 0.3) is 0 Å². The molecular weight excluding hydrogens is 374 g/mol. The Morgan fingerprint density at radius 1 is 0.696 bits per heavy atom. The summed E-state index contributed by atoms with van der Waals surface area (Å²) in [6, 6.07) is 16.2. The lowest BCUT2D eigenvalue weighted by Crippen LogP contribution is -2.45. The van der Waals surface area contributed by atoms with Gasteiger partial charge >= 0.3 is 0 Å². The maximum Gasteiger partial charge on any atom is 0.0407 e. The zero-order chi connectivity index (χ0) is 14.7. The molecule has 0 atom stereocenters. The van der Waals surface area contributed by atoms with Gasteiger partial charge in [-0.3, -0.25) is 4.90 Å². The lowest BCUT2D eigenvalue weighted by molar-refractivity contribution is 0.250. The second-order valence-electron chi connectivity index (χ2n) is 5.37. The summed E-state index contributed by atoms with van der Waals surface area (Å²) in [7, 11) is 0. The van der Waals surface area contributed by atoms with Gasteiger partial charge in [-0.15, -0.1) is 24.8 Å². The van der Waals surface area contributed by atoms with Gasteiger partial charge in [-0.2, -0.15) is 0 Å². The van der Waals surface area contributed by atoms with E-state index in [0.29, 0.717) is 0 Å². The average molecular weight is 394 g/mol. The lowest BCUT2D eigenvalue weighted by atomic mass is 10.2. The summed E-state index contributed by atoms with van der Waals surface area (Å²) in [4.78, 5) is 4.89. The molecule has 1 fully saturated rings. The lowest BCUT2D eigenvalue weighted by Gasteiger charge is -2.36. The van der Waals surface area contributed by atoms with E-state index in [1.165, 1.54) is 11.3 Å². The molecule has 0 bridgehead atoms. The van der Waals surface area contributed by atoms with Gasteiger partial charge in [0.25, 0.3) is 0 Å². The monoisotopic (exact) mass is 392 g/mol. The van der Waals surface area contributed by atoms with Crippen molar-refractivity contribution in [2.75, 3.05) is 31.1 Å². The van der Waals surface area contributed by atoms with Crippen LogP contribution < -0.4 is 4.90 Å². The summed E-state index contributed by atoms with van der Waals surface area (Å²) in [6.07, 6.45) is 0. The second kappa shape index (κ2) is 9.61. The largest absolute Gasteiger partial charge is 0.369 e. The minimum Gasteiger partial charge on any atom is -0.369 e. The normalized spacial score (nSPS) is 14.8. The molecule has 6 heteroatoms. The highest BCUT2D eigenvalue weighted by molar-refractivity contribution is 6.30. The highest BCUT2D eigenvalue weighted by Crippen LogP contribution is 2.20. The van der Waals surface area contributed by atoms with Crippen LogP contribution in [0.15, 0.2) is 48.5 Å². The number of hydrogen-bond acceptors (Lipinski definition) is 2. The van der Waals surface area contributed by atoms with E-state index in [9.17, 15) is 0 Å². The number of halogens is 4. The van der Waals surface area contributed by atoms with E-state index in [-0.39, 0.29) is 24.8 Å². The molecule has 3 rings (SSSR count). The topological polar surface area (TPSA) is 6.48 Å². The van der Waals surface area contributed by atoms with Crippen molar-refractivity contribution in [3.63, 3.8) is 0 Å². The smallest absolute Gasteiger partial charge is 0.0407 e. The Hall–Kier alpha value is -0.640. The standard InChI is InChI=1S/C17H18Cl2N2.2ClH/c18-15-3-1-14(2-4-15)13-20-9-11-21(12-10-20)17-7-5-16(19)6-8-17;;/h1-8H,9-13H2;2*1H. The summed E-state index contributed by atoms with van der Waals surface area (Å²) in [5, 5.41) is 1.59. The maximum absolute atomic E-state index is 5.94. The molecule has 2 aromatic rings. The van der Waals surface area contributed by atoms with Crippen molar-refractivity contribution in [3.8, 4) is 0 Å². The molecular formula is C17H20Cl4N2. The van der Waals surface area contributed by atoms with Crippen molar-refractivity contribution < 1.29 is 0 Å². The van der Waals surface area contributed by atoms with Crippen LogP contribution in [-0.2, 0) is 6.54 Å². The highest BCUT2D eigenvalue weighted by Gasteiger charge is 2.17. The van der Waals surface area contributed by atoms with E-state index < -0.39 is 0 Å². The third-order valence-electron chi connectivity index (χ3n) is 3.88. The van der Waals surface area contributed by atoms with Crippen molar-refractivity contribution >= 4 is 53.7 Å². The summed E-state index contributed by atoms with van der Waals surface area (Å²) < 4.78 is 0. The molecule has 0 spiro atoms. The third kappa shape index (κ3) is 5.74. The molecule has 0 N–H and O–H groups in total. The van der Waals surface area contributed by atoms with Crippen molar-refractivity contribution in [3.05, 3.63) is 64.1 Å². The summed E-state index contributed by atoms with van der Waals surface area (Å²) in [5.41, 5.74) is 2.57. The fourth-order valence-corrected chi connectivity index (χ4v) is 2.92. The molecule has 2 aromatic carbocycles. The van der Waals surface area contributed by atoms with Crippen LogP contribution in [0.1, 0.15) is 5.56 Å². The van der Waals surface area contributed by atoms with Gasteiger partial charge in [0.15, 0.2) is 0 Å². The van der Waals surface area contributed by atoms with E-state index in [0.717, 1.165) is 42.8 Å². The fraction of sp³-hybridized carbons (Fsp3) is 0.294. The molecule has 0 radical (unpaired) electrons. The van der Waals surface area contributed by atoms with E-state index >= 15 is 0 Å². The Kier molecular flexibility index (Phi) is 8.52. The zero-order valence-electron chi connectivity index (χ0n) is 12.6. The van der Waals surface area contributed by atoms with Gasteiger partial charge in [-0.25, -0.2) is 0 Å². The molecule has 0 unspecified atom stereocenters. The Bertz CT molecular complexity index is 579. The number of hydrogen-bond donors (Lipinski definition) is 0. The molecule has 0 saturated carbocycles. The van der Waals surface area contributed by atoms with Crippen LogP contribution >= 0.6 is 48.0 Å². The van der Waals surface area contributed by atoms with Crippen LogP contribution in [0.3, 0.4) is 0 Å². The number of nitrogens with zero attached hydrogens (tertiary/aromatic N) is 2. The minimum atomic E-state index is 0. The van der Waals surface area contributed by atoms with Crippen LogP contribution in [0.4, 0.5) is 5.69 Å². The first-order valence-corrected chi connectivity index (χ1v) is 7.93. The molecule has 126 valence electrons. The van der Waals surface area contributed by atoms with Crippen LogP contribution in [-0.4, -0.2) is 31.1 Å². The number of benzene rings is 2. The summed E-state index contributed by atoms with van der Waals surface area (Å²) in [6.45, 7) is 5.24. The minimum absolute atomic E-state index is 0. The fourth-order valence-electron chi connectivity index (χ4n) is 2.66. The molecule has 1 aliphatic heterocycles. The number of piperazine rings is 1. The van der Waals surface area contributed by atoms with E-state index in [1.807, 2.05) is 24.3 Å². The molecule has 1 heterocycles. The first kappa shape index (κ1) is 20.4. The summed E-state index contributed by atoms with van der Waals surface area (Å²) in [5.74, 6) is 0. The van der Waals surface area contributed by atoms with Gasteiger partial charge in [0, 0.05) is 48.5 Å². The number of anilines is 1. The molecule has 0 aliphatic carbocycles. The predicted molar refractivity (Wildman–Crippen MR) is 105 cm³/mol. The SMILES string of the molecule is Cl.Cl.Clc1ccc(CN2CCN(c3ccc(Cl)cc3)CC2)cc1. The van der Waals surface area contributed by atoms with Crippen molar-refractivity contribution in [1.82, 2.24) is 4.90 Å². The highest BCUT2D eigenvalue weighted by atomic mass is 35.5. The van der Waals surface area contributed by atoms with E-state index in [4.69, 9.17) is 23.2 Å². The maximum atomic E-state index is 5.94. The van der Waals surface area contributed by atoms with Crippen molar-refractivity contribution in [1.29, 1.82) is 0 Å². The zero-order valence-corrected chi connectivity index (χ0v) is 15.8. The molecule has 1 saturated heterocycles. The second-order valence-corrected chi connectivity index (χ2v) is 6.24. The van der Waals surface area contributed by atoms with E-state index in [2.05, 4.69) is 34.1 Å². The molecule has 0 aromatic heterocycles. The van der Waals surface area contributed by atoms with Gasteiger partial charge in [-0.1, -0.05) is 35.3 Å². The Labute approximate surface area is 160 Å². The van der Waals surface area contributed by atoms with Gasteiger partial charge in [0.1, 0.15) is 0 Å². The molecule has 23 heavy (non-hydrogen) atoms. The predicted octanol–water partition coefficient (Wildman–Crippen LogP) is 5.16. The molecule has 1 aliphatic rings. The van der Waals surface area contributed by atoms with Crippen molar-refractivity contribution in [2.24, 2.45) is 0 Å². The Balaban J connectivity index is 0.00000132. The Morgan fingerprint density at radius 2 is 1.17 bits per heavy atom. The van der Waals surface area contributed by atoms with Crippen LogP contribution in [0, 0.1) is 0 Å². The first-order valence-electron chi connectivity index (χ1n) is 7.18. The number of rotatable bonds is 3. The van der Waals surface area contributed by atoms with Gasteiger partial charge in [0.2, 0.25) is 0 Å². The van der Waals surface area contributed by atoms with Gasteiger partial charge in [-0.05, 0) is 42.0 Å². The van der Waals surface area contributed by atoms with Crippen LogP contribution in [0.5, 0.6) is 0 Å². The van der Waals surface area contributed by atoms with Gasteiger partial charge < -0.3 is 4.90 Å². The van der Waals surface area contributed by atoms with Crippen LogP contribution in [0.2, 0.25) is 10.0 Å². The average Bonchev–Trinajstić information content (AvgIpc) is 2.51.